The third-order valence-corrected chi connectivity index (χ3v) is 6.18. The van der Waals surface area contributed by atoms with Crippen LogP contribution in [0.15, 0.2) is 64.3 Å². The summed E-state index contributed by atoms with van der Waals surface area (Å²) in [4.78, 5) is 20.9. The van der Waals surface area contributed by atoms with Crippen LogP contribution in [0.1, 0.15) is 5.56 Å². The first-order valence-corrected chi connectivity index (χ1v) is 10.5. The molecule has 1 aromatic heterocycles. The topological polar surface area (TPSA) is 36.4 Å². The summed E-state index contributed by atoms with van der Waals surface area (Å²) in [6, 6.07) is 18.4. The summed E-state index contributed by atoms with van der Waals surface area (Å²) in [5.74, 6) is 0.502. The molecule has 3 rings (SSSR count). The average molecular weight is 398 g/mol. The zero-order chi connectivity index (χ0) is 19.2. The summed E-state index contributed by atoms with van der Waals surface area (Å²) < 4.78 is 0.922. The number of hydrogen-bond donors (Lipinski definition) is 0. The molecule has 0 spiro atoms. The van der Waals surface area contributed by atoms with Crippen molar-refractivity contribution in [1.82, 2.24) is 9.88 Å². The fraction of sp³-hybridized carbons (Fsp3) is 0.238. The van der Waals surface area contributed by atoms with Crippen molar-refractivity contribution in [1.29, 1.82) is 0 Å². The summed E-state index contributed by atoms with van der Waals surface area (Å²) >= 11 is 3.08. The van der Waals surface area contributed by atoms with Gasteiger partial charge in [0, 0.05) is 44.3 Å². The number of aromatic nitrogens is 1. The Kier molecular flexibility index (Phi) is 6.53. The van der Waals surface area contributed by atoms with Crippen LogP contribution in [-0.2, 0) is 11.3 Å². The lowest BCUT2D eigenvalue weighted by atomic mass is 10.2. The molecule has 1 amide bonds. The highest BCUT2D eigenvalue weighted by Gasteiger charge is 2.12. The number of carbonyl (C=O) groups is 1. The van der Waals surface area contributed by atoms with E-state index in [1.54, 1.807) is 16.2 Å². The zero-order valence-electron chi connectivity index (χ0n) is 15.8. The molecule has 140 valence electrons. The van der Waals surface area contributed by atoms with Crippen LogP contribution in [0.4, 0.5) is 5.69 Å². The molecular formula is C21H23N3OS2. The molecule has 3 aromatic rings. The third-order valence-electron chi connectivity index (χ3n) is 4.17. The molecule has 0 aliphatic rings. The van der Waals surface area contributed by atoms with E-state index in [9.17, 15) is 4.79 Å². The van der Waals surface area contributed by atoms with E-state index in [4.69, 9.17) is 0 Å². The zero-order valence-corrected chi connectivity index (χ0v) is 17.4. The largest absolute Gasteiger partial charge is 0.378 e. The molecule has 0 aliphatic carbocycles. The number of hydrogen-bond acceptors (Lipinski definition) is 5. The predicted octanol–water partition coefficient (Wildman–Crippen LogP) is 4.63. The second-order valence-corrected chi connectivity index (χ2v) is 8.54. The van der Waals surface area contributed by atoms with Crippen LogP contribution in [0.25, 0.3) is 11.3 Å². The van der Waals surface area contributed by atoms with Gasteiger partial charge in [-0.25, -0.2) is 4.98 Å². The first-order valence-electron chi connectivity index (χ1n) is 8.67. The number of rotatable bonds is 7. The van der Waals surface area contributed by atoms with E-state index in [1.807, 2.05) is 56.9 Å². The van der Waals surface area contributed by atoms with Crippen molar-refractivity contribution in [2.24, 2.45) is 0 Å². The van der Waals surface area contributed by atoms with Crippen molar-refractivity contribution < 1.29 is 4.79 Å². The van der Waals surface area contributed by atoms with Gasteiger partial charge in [-0.2, -0.15) is 0 Å². The second kappa shape index (κ2) is 9.06. The molecule has 2 aromatic carbocycles. The molecule has 6 heteroatoms. The smallest absolute Gasteiger partial charge is 0.233 e. The molecule has 0 saturated heterocycles. The van der Waals surface area contributed by atoms with E-state index in [-0.39, 0.29) is 5.91 Å². The van der Waals surface area contributed by atoms with Gasteiger partial charge < -0.3 is 9.80 Å². The molecule has 0 N–H and O–H groups in total. The summed E-state index contributed by atoms with van der Waals surface area (Å²) in [5.41, 5.74) is 4.35. The Morgan fingerprint density at radius 2 is 1.74 bits per heavy atom. The van der Waals surface area contributed by atoms with Crippen LogP contribution >= 0.6 is 23.1 Å². The first kappa shape index (κ1) is 19.5. The number of carbonyl (C=O) groups excluding carboxylic acids is 1. The van der Waals surface area contributed by atoms with Gasteiger partial charge in [0.15, 0.2) is 4.34 Å². The van der Waals surface area contributed by atoms with Gasteiger partial charge in [-0.15, -0.1) is 11.3 Å². The van der Waals surface area contributed by atoms with Crippen LogP contribution in [-0.4, -0.2) is 42.7 Å². The van der Waals surface area contributed by atoms with Crippen molar-refractivity contribution in [3.05, 3.63) is 65.5 Å². The lowest BCUT2D eigenvalue weighted by Gasteiger charge is -2.18. The molecule has 0 bridgehead atoms. The quantitative estimate of drug-likeness (QED) is 0.545. The van der Waals surface area contributed by atoms with Gasteiger partial charge in [0.1, 0.15) is 0 Å². The Balaban J connectivity index is 1.52. The fourth-order valence-electron chi connectivity index (χ4n) is 2.56. The van der Waals surface area contributed by atoms with E-state index >= 15 is 0 Å². The Morgan fingerprint density at radius 3 is 2.41 bits per heavy atom. The summed E-state index contributed by atoms with van der Waals surface area (Å²) in [6.45, 7) is 0.611. The standard InChI is InChI=1S/C21H23N3OS2/c1-23(2)18-11-9-16(10-12-18)13-24(3)20(25)15-27-21-22-19(14-26-21)17-7-5-4-6-8-17/h4-12,14H,13,15H2,1-3H3. The van der Waals surface area contributed by atoms with Crippen molar-refractivity contribution in [3.63, 3.8) is 0 Å². The highest BCUT2D eigenvalue weighted by atomic mass is 32.2. The van der Waals surface area contributed by atoms with Gasteiger partial charge in [-0.05, 0) is 17.7 Å². The molecule has 4 nitrogen and oxygen atoms in total. The highest BCUT2D eigenvalue weighted by molar-refractivity contribution is 8.01. The van der Waals surface area contributed by atoms with E-state index in [0.717, 1.165) is 26.8 Å². The van der Waals surface area contributed by atoms with Gasteiger partial charge in [-0.3, -0.25) is 4.79 Å². The molecule has 0 aliphatic heterocycles. The van der Waals surface area contributed by atoms with E-state index < -0.39 is 0 Å². The molecule has 0 fully saturated rings. The van der Waals surface area contributed by atoms with Crippen LogP contribution in [0.3, 0.4) is 0 Å². The van der Waals surface area contributed by atoms with Crippen LogP contribution < -0.4 is 4.90 Å². The molecule has 27 heavy (non-hydrogen) atoms. The Morgan fingerprint density at radius 1 is 1.04 bits per heavy atom. The van der Waals surface area contributed by atoms with Crippen LogP contribution in [0.2, 0.25) is 0 Å². The normalized spacial score (nSPS) is 10.6. The van der Waals surface area contributed by atoms with Gasteiger partial charge in [0.25, 0.3) is 0 Å². The number of thioether (sulfide) groups is 1. The molecule has 1 heterocycles. The maximum Gasteiger partial charge on any atom is 0.233 e. The summed E-state index contributed by atoms with van der Waals surface area (Å²) in [7, 11) is 5.88. The van der Waals surface area contributed by atoms with Crippen molar-refractivity contribution in [2.75, 3.05) is 31.8 Å². The minimum atomic E-state index is 0.105. The first-order chi connectivity index (χ1) is 13.0. The van der Waals surface area contributed by atoms with Crippen molar-refractivity contribution in [3.8, 4) is 11.3 Å². The average Bonchev–Trinajstić information content (AvgIpc) is 3.16. The molecule has 0 saturated carbocycles. The minimum absolute atomic E-state index is 0.105. The number of nitrogens with zero attached hydrogens (tertiary/aromatic N) is 3. The monoisotopic (exact) mass is 397 g/mol. The Bertz CT molecular complexity index is 876. The molecule has 0 radical (unpaired) electrons. The van der Waals surface area contributed by atoms with Gasteiger partial charge >= 0.3 is 0 Å². The SMILES string of the molecule is CN(Cc1ccc(N(C)C)cc1)C(=O)CSc1nc(-c2ccccc2)cs1. The van der Waals surface area contributed by atoms with Crippen molar-refractivity contribution in [2.45, 2.75) is 10.9 Å². The van der Waals surface area contributed by atoms with Crippen LogP contribution in [0.5, 0.6) is 0 Å². The predicted molar refractivity (Wildman–Crippen MR) is 116 cm³/mol. The lowest BCUT2D eigenvalue weighted by molar-refractivity contribution is -0.127. The molecule has 0 unspecified atom stereocenters. The second-order valence-electron chi connectivity index (χ2n) is 6.46. The van der Waals surface area contributed by atoms with E-state index in [2.05, 4.69) is 34.1 Å². The fourth-order valence-corrected chi connectivity index (χ4v) is 4.34. The Hall–Kier alpha value is -2.31. The number of anilines is 1. The summed E-state index contributed by atoms with van der Waals surface area (Å²) in [5, 5.41) is 2.04. The van der Waals surface area contributed by atoms with Crippen molar-refractivity contribution >= 4 is 34.7 Å². The van der Waals surface area contributed by atoms with E-state index in [1.165, 1.54) is 11.8 Å². The summed E-state index contributed by atoms with van der Waals surface area (Å²) in [6.07, 6.45) is 0. The lowest BCUT2D eigenvalue weighted by Crippen LogP contribution is -2.27. The van der Waals surface area contributed by atoms with E-state index in [0.29, 0.717) is 12.3 Å². The number of amides is 1. The number of thiazole rings is 1. The molecular weight excluding hydrogens is 374 g/mol. The molecule has 0 atom stereocenters. The van der Waals surface area contributed by atoms with Gasteiger partial charge in [-0.1, -0.05) is 54.2 Å². The minimum Gasteiger partial charge on any atom is -0.378 e. The highest BCUT2D eigenvalue weighted by Crippen LogP contribution is 2.28. The third kappa shape index (κ3) is 5.34. The maximum atomic E-state index is 12.4. The Labute approximate surface area is 168 Å². The maximum absolute atomic E-state index is 12.4. The van der Waals surface area contributed by atoms with Gasteiger partial charge in [0.05, 0.1) is 11.4 Å². The van der Waals surface area contributed by atoms with Gasteiger partial charge in [0.2, 0.25) is 5.91 Å². The van der Waals surface area contributed by atoms with Crippen LogP contribution in [0, 0.1) is 0 Å². The number of benzene rings is 2.